The zero-order valence-electron chi connectivity index (χ0n) is 11.1. The molecular weight excluding hydrogens is 243 g/mol. The molecule has 0 spiro atoms. The fourth-order valence-electron chi connectivity index (χ4n) is 1.11. The van der Waals surface area contributed by atoms with Crippen LogP contribution in [0.1, 0.15) is 33.6 Å². The second-order valence-electron chi connectivity index (χ2n) is 4.07. The minimum atomic E-state index is -2.96. The van der Waals surface area contributed by atoms with Gasteiger partial charge >= 0.3 is 13.6 Å². The molecule has 0 aromatic carbocycles. The Bertz CT molecular complexity index is 267. The molecule has 17 heavy (non-hydrogen) atoms. The number of carbonyl (C=O) groups is 1. The first-order valence-corrected chi connectivity index (χ1v) is 7.59. The molecule has 0 bridgehead atoms. The summed E-state index contributed by atoms with van der Waals surface area (Å²) in [6.45, 7) is 5.77. The Labute approximate surface area is 103 Å². The third-order valence-electron chi connectivity index (χ3n) is 2.19. The second kappa shape index (κ2) is 8.67. The highest BCUT2D eigenvalue weighted by Crippen LogP contribution is 2.48. The Morgan fingerprint density at radius 1 is 1.35 bits per heavy atom. The molecule has 6 heteroatoms. The van der Waals surface area contributed by atoms with Crippen LogP contribution in [0.2, 0.25) is 0 Å². The van der Waals surface area contributed by atoms with E-state index in [2.05, 4.69) is 0 Å². The van der Waals surface area contributed by atoms with E-state index in [9.17, 15) is 9.36 Å². The molecule has 2 atom stereocenters. The number of hydrogen-bond donors (Lipinski definition) is 0. The van der Waals surface area contributed by atoms with Gasteiger partial charge in [-0.05, 0) is 6.42 Å². The van der Waals surface area contributed by atoms with Gasteiger partial charge in [-0.25, -0.2) is 0 Å². The Hall–Kier alpha value is -0.380. The van der Waals surface area contributed by atoms with Crippen LogP contribution in [0.15, 0.2) is 0 Å². The van der Waals surface area contributed by atoms with Crippen molar-refractivity contribution in [1.29, 1.82) is 0 Å². The molecule has 102 valence electrons. The molecule has 0 amide bonds. The van der Waals surface area contributed by atoms with Gasteiger partial charge in [0.05, 0.1) is 19.4 Å². The van der Waals surface area contributed by atoms with Gasteiger partial charge in [0.1, 0.15) is 0 Å². The molecule has 0 heterocycles. The van der Waals surface area contributed by atoms with Crippen molar-refractivity contribution >= 4 is 13.6 Å². The Morgan fingerprint density at radius 3 is 2.47 bits per heavy atom. The minimum absolute atomic E-state index is 0.00371. The zero-order chi connectivity index (χ0) is 13.3. The molecule has 0 radical (unpaired) electrons. The predicted octanol–water partition coefficient (Wildman–Crippen LogP) is 2.84. The Kier molecular flexibility index (Phi) is 8.48. The summed E-state index contributed by atoms with van der Waals surface area (Å²) in [6, 6.07) is 0. The number of carbonyl (C=O) groups excluding carboxylic acids is 1. The fraction of sp³-hybridized carbons (Fsp3) is 0.909. The van der Waals surface area contributed by atoms with Gasteiger partial charge in [0.2, 0.25) is 0 Å². The molecule has 0 N–H and O–H groups in total. The summed E-state index contributed by atoms with van der Waals surface area (Å²) < 4.78 is 27.1. The van der Waals surface area contributed by atoms with Crippen LogP contribution in [0, 0.1) is 5.92 Å². The number of rotatable bonds is 9. The third kappa shape index (κ3) is 8.36. The van der Waals surface area contributed by atoms with Gasteiger partial charge in [-0.3, -0.25) is 9.36 Å². The number of esters is 1. The molecule has 0 aliphatic carbocycles. The minimum Gasteiger partial charge on any atom is -0.466 e. The summed E-state index contributed by atoms with van der Waals surface area (Å²) in [6.07, 6.45) is 2.18. The van der Waals surface area contributed by atoms with Crippen molar-refractivity contribution in [3.8, 4) is 0 Å². The van der Waals surface area contributed by atoms with Gasteiger partial charge in [0, 0.05) is 20.0 Å². The van der Waals surface area contributed by atoms with Gasteiger partial charge in [-0.2, -0.15) is 0 Å². The summed E-state index contributed by atoms with van der Waals surface area (Å²) in [5.74, 6) is -0.318. The van der Waals surface area contributed by atoms with E-state index in [-0.39, 0.29) is 25.1 Å². The fourth-order valence-corrected chi connectivity index (χ4v) is 2.71. The molecule has 0 rings (SSSR count). The van der Waals surface area contributed by atoms with E-state index >= 15 is 0 Å². The quantitative estimate of drug-likeness (QED) is 0.474. The van der Waals surface area contributed by atoms with Gasteiger partial charge in [-0.1, -0.05) is 20.3 Å². The van der Waals surface area contributed by atoms with Gasteiger partial charge in [0.25, 0.3) is 0 Å². The molecule has 0 fully saturated rings. The maximum Gasteiger partial charge on any atom is 0.330 e. The average molecular weight is 266 g/mol. The van der Waals surface area contributed by atoms with Crippen molar-refractivity contribution < 1.29 is 23.1 Å². The lowest BCUT2D eigenvalue weighted by atomic mass is 10.2. The van der Waals surface area contributed by atoms with E-state index in [4.69, 9.17) is 13.8 Å². The zero-order valence-corrected chi connectivity index (χ0v) is 12.0. The van der Waals surface area contributed by atoms with Crippen molar-refractivity contribution in [2.75, 3.05) is 26.5 Å². The summed E-state index contributed by atoms with van der Waals surface area (Å²) in [7, 11) is -1.56. The lowest BCUT2D eigenvalue weighted by Gasteiger charge is -2.18. The molecule has 0 saturated heterocycles. The predicted molar refractivity (Wildman–Crippen MR) is 66.1 cm³/mol. The first-order chi connectivity index (χ1) is 7.93. The Balaban J connectivity index is 3.96. The van der Waals surface area contributed by atoms with Crippen LogP contribution in [0.3, 0.4) is 0 Å². The molecule has 5 nitrogen and oxygen atoms in total. The highest BCUT2D eigenvalue weighted by molar-refractivity contribution is 7.53. The monoisotopic (exact) mass is 266 g/mol. The summed E-state index contributed by atoms with van der Waals surface area (Å²) >= 11 is 0. The molecule has 0 aromatic rings. The normalized spacial score (nSPS) is 16.2. The van der Waals surface area contributed by atoms with Crippen LogP contribution >= 0.6 is 7.60 Å². The van der Waals surface area contributed by atoms with Crippen molar-refractivity contribution in [2.45, 2.75) is 33.6 Å². The standard InChI is InChI=1S/C11H23O5P/c1-5-6-7-17(13,14-4)16-9-10(2)8-15-11(3)12/h10H,5-9H2,1-4H3/t10-,17?/m0/s1. The Morgan fingerprint density at radius 2 is 2.00 bits per heavy atom. The smallest absolute Gasteiger partial charge is 0.330 e. The lowest BCUT2D eigenvalue weighted by Crippen LogP contribution is -2.15. The maximum absolute atomic E-state index is 12.0. The van der Waals surface area contributed by atoms with Crippen molar-refractivity contribution in [3.63, 3.8) is 0 Å². The first kappa shape index (κ1) is 16.6. The second-order valence-corrected chi connectivity index (χ2v) is 6.37. The molecular formula is C11H23O5P. The van der Waals surface area contributed by atoms with E-state index < -0.39 is 7.60 Å². The number of ether oxygens (including phenoxy) is 1. The molecule has 0 aliphatic heterocycles. The molecule has 0 saturated carbocycles. The van der Waals surface area contributed by atoms with E-state index in [1.165, 1.54) is 14.0 Å². The highest BCUT2D eigenvalue weighted by Gasteiger charge is 2.23. The topological polar surface area (TPSA) is 61.8 Å². The van der Waals surface area contributed by atoms with E-state index in [1.807, 2.05) is 13.8 Å². The molecule has 0 aliphatic rings. The summed E-state index contributed by atoms with van der Waals surface area (Å²) in [4.78, 5) is 10.6. The van der Waals surface area contributed by atoms with Crippen LogP contribution in [-0.4, -0.2) is 32.5 Å². The van der Waals surface area contributed by atoms with Crippen LogP contribution in [0.5, 0.6) is 0 Å². The van der Waals surface area contributed by atoms with Gasteiger partial charge in [0.15, 0.2) is 0 Å². The first-order valence-electron chi connectivity index (χ1n) is 5.86. The number of hydrogen-bond acceptors (Lipinski definition) is 5. The summed E-state index contributed by atoms with van der Waals surface area (Å²) in [5.41, 5.74) is 0. The van der Waals surface area contributed by atoms with Crippen molar-refractivity contribution in [3.05, 3.63) is 0 Å². The molecule has 1 unspecified atom stereocenters. The SMILES string of the molecule is CCCCP(=O)(OC)OC[C@@H](C)COC(C)=O. The maximum atomic E-state index is 12.0. The average Bonchev–Trinajstić information content (AvgIpc) is 2.31. The largest absolute Gasteiger partial charge is 0.466 e. The van der Waals surface area contributed by atoms with Crippen LogP contribution in [-0.2, 0) is 23.1 Å². The van der Waals surface area contributed by atoms with Gasteiger partial charge < -0.3 is 13.8 Å². The van der Waals surface area contributed by atoms with Crippen LogP contribution in [0.25, 0.3) is 0 Å². The van der Waals surface area contributed by atoms with E-state index in [0.717, 1.165) is 12.8 Å². The lowest BCUT2D eigenvalue weighted by molar-refractivity contribution is -0.142. The molecule has 0 aromatic heterocycles. The summed E-state index contributed by atoms with van der Waals surface area (Å²) in [5, 5.41) is 0. The number of unbranched alkanes of at least 4 members (excludes halogenated alkanes) is 1. The third-order valence-corrected chi connectivity index (χ3v) is 4.15. The van der Waals surface area contributed by atoms with Crippen LogP contribution < -0.4 is 0 Å². The van der Waals surface area contributed by atoms with Crippen molar-refractivity contribution in [1.82, 2.24) is 0 Å². The van der Waals surface area contributed by atoms with Crippen LogP contribution in [0.4, 0.5) is 0 Å². The van der Waals surface area contributed by atoms with E-state index in [0.29, 0.717) is 6.16 Å². The highest BCUT2D eigenvalue weighted by atomic mass is 31.2. The van der Waals surface area contributed by atoms with E-state index in [1.54, 1.807) is 0 Å². The van der Waals surface area contributed by atoms with Gasteiger partial charge in [-0.15, -0.1) is 0 Å². The van der Waals surface area contributed by atoms with Crippen molar-refractivity contribution in [2.24, 2.45) is 5.92 Å².